The third kappa shape index (κ3) is 5.02. The van der Waals surface area contributed by atoms with Gasteiger partial charge in [0.2, 0.25) is 5.91 Å². The van der Waals surface area contributed by atoms with Crippen LogP contribution in [0, 0.1) is 5.92 Å². The van der Waals surface area contributed by atoms with Gasteiger partial charge < -0.3 is 15.5 Å². The van der Waals surface area contributed by atoms with E-state index in [1.165, 1.54) is 4.88 Å². The second-order valence-corrected chi connectivity index (χ2v) is 7.10. The second kappa shape index (κ2) is 8.17. The zero-order chi connectivity index (χ0) is 16.9. The zero-order valence-electron chi connectivity index (χ0n) is 14.3. The van der Waals surface area contributed by atoms with Gasteiger partial charge in [-0.3, -0.25) is 4.79 Å². The van der Waals surface area contributed by atoms with Gasteiger partial charge in [0, 0.05) is 25.5 Å². The average Bonchev–Trinajstić information content (AvgIpc) is 2.91. The number of urea groups is 1. The summed E-state index contributed by atoms with van der Waals surface area (Å²) in [6.07, 6.45) is 0. The van der Waals surface area contributed by atoms with Gasteiger partial charge in [-0.15, -0.1) is 11.3 Å². The Balaban J connectivity index is 2.65. The minimum absolute atomic E-state index is 0.0333. The summed E-state index contributed by atoms with van der Waals surface area (Å²) in [6.45, 7) is 8.67. The van der Waals surface area contributed by atoms with Gasteiger partial charge in [0.15, 0.2) is 0 Å². The van der Waals surface area contributed by atoms with Crippen molar-refractivity contribution in [2.24, 2.45) is 5.92 Å². The molecule has 0 radical (unpaired) electrons. The first kappa shape index (κ1) is 18.5. The van der Waals surface area contributed by atoms with E-state index in [2.05, 4.69) is 35.9 Å². The van der Waals surface area contributed by atoms with Crippen LogP contribution in [0.25, 0.3) is 0 Å². The third-order valence-corrected chi connectivity index (χ3v) is 4.77. The summed E-state index contributed by atoms with van der Waals surface area (Å²) in [4.78, 5) is 27.0. The summed E-state index contributed by atoms with van der Waals surface area (Å²) in [5, 5.41) is 7.46. The van der Waals surface area contributed by atoms with E-state index in [4.69, 9.17) is 0 Å². The van der Waals surface area contributed by atoms with E-state index < -0.39 is 6.04 Å². The molecule has 0 spiro atoms. The molecular formula is C16H27N3O2S. The van der Waals surface area contributed by atoms with Crippen molar-refractivity contribution < 1.29 is 9.59 Å². The van der Waals surface area contributed by atoms with Crippen molar-refractivity contribution in [3.05, 3.63) is 21.9 Å². The number of amides is 3. The van der Waals surface area contributed by atoms with Crippen LogP contribution in [0.15, 0.2) is 11.4 Å². The van der Waals surface area contributed by atoms with E-state index in [1.807, 2.05) is 13.8 Å². The van der Waals surface area contributed by atoms with E-state index in [9.17, 15) is 9.59 Å². The number of thiophene rings is 1. The van der Waals surface area contributed by atoms with E-state index in [-0.39, 0.29) is 17.9 Å². The molecule has 1 aromatic rings. The van der Waals surface area contributed by atoms with Crippen LogP contribution in [-0.2, 0) is 11.3 Å². The summed E-state index contributed by atoms with van der Waals surface area (Å²) in [5.74, 6) is 0.358. The average molecular weight is 325 g/mol. The Hall–Kier alpha value is -1.56. The van der Waals surface area contributed by atoms with Crippen LogP contribution in [0.4, 0.5) is 4.79 Å². The SMILES string of the molecule is CNC(=O)C(NC(=O)N(C)Cc1csc(C(C)C)c1)C(C)C. The Kier molecular flexibility index (Phi) is 6.87. The monoisotopic (exact) mass is 325 g/mol. The molecule has 0 saturated heterocycles. The zero-order valence-corrected chi connectivity index (χ0v) is 15.1. The van der Waals surface area contributed by atoms with Gasteiger partial charge >= 0.3 is 6.03 Å². The van der Waals surface area contributed by atoms with E-state index in [0.717, 1.165) is 5.56 Å². The van der Waals surface area contributed by atoms with Gasteiger partial charge in [-0.1, -0.05) is 27.7 Å². The largest absolute Gasteiger partial charge is 0.357 e. The van der Waals surface area contributed by atoms with Gasteiger partial charge in [0.05, 0.1) is 0 Å². The molecule has 5 nitrogen and oxygen atoms in total. The molecule has 0 saturated carbocycles. The second-order valence-electron chi connectivity index (χ2n) is 6.15. The highest BCUT2D eigenvalue weighted by Crippen LogP contribution is 2.23. The van der Waals surface area contributed by atoms with Crippen molar-refractivity contribution in [2.45, 2.75) is 46.2 Å². The highest BCUT2D eigenvalue weighted by molar-refractivity contribution is 7.10. The Bertz CT molecular complexity index is 511. The summed E-state index contributed by atoms with van der Waals surface area (Å²) in [6, 6.07) is 1.38. The number of hydrogen-bond acceptors (Lipinski definition) is 3. The number of hydrogen-bond donors (Lipinski definition) is 2. The van der Waals surface area contributed by atoms with Crippen LogP contribution < -0.4 is 10.6 Å². The fourth-order valence-electron chi connectivity index (χ4n) is 2.06. The molecule has 1 aromatic heterocycles. The van der Waals surface area contributed by atoms with E-state index in [0.29, 0.717) is 12.5 Å². The lowest BCUT2D eigenvalue weighted by molar-refractivity contribution is -0.123. The van der Waals surface area contributed by atoms with Crippen molar-refractivity contribution in [3.63, 3.8) is 0 Å². The Morgan fingerprint density at radius 1 is 1.27 bits per heavy atom. The standard InChI is InChI=1S/C16H27N3O2S/c1-10(2)13-7-12(9-22-13)8-19(6)16(21)18-14(11(3)4)15(20)17-5/h7,9-11,14H,8H2,1-6H3,(H,17,20)(H,18,21). The molecule has 3 amide bonds. The van der Waals surface area contributed by atoms with Crippen LogP contribution >= 0.6 is 11.3 Å². The van der Waals surface area contributed by atoms with Gasteiger partial charge in [-0.25, -0.2) is 4.79 Å². The van der Waals surface area contributed by atoms with Crippen LogP contribution in [-0.4, -0.2) is 37.0 Å². The number of carbonyl (C=O) groups is 2. The lowest BCUT2D eigenvalue weighted by Gasteiger charge is -2.24. The third-order valence-electron chi connectivity index (χ3n) is 3.48. The molecule has 0 aliphatic rings. The summed E-state index contributed by atoms with van der Waals surface area (Å²) in [7, 11) is 3.32. The molecule has 0 aromatic carbocycles. The topological polar surface area (TPSA) is 61.4 Å². The quantitative estimate of drug-likeness (QED) is 0.845. The smallest absolute Gasteiger partial charge is 0.318 e. The van der Waals surface area contributed by atoms with Gasteiger partial charge in [-0.2, -0.15) is 0 Å². The van der Waals surface area contributed by atoms with Crippen molar-refractivity contribution in [2.75, 3.05) is 14.1 Å². The van der Waals surface area contributed by atoms with Crippen molar-refractivity contribution in [3.8, 4) is 0 Å². The first-order chi connectivity index (χ1) is 10.3. The van der Waals surface area contributed by atoms with Crippen LogP contribution in [0.3, 0.4) is 0 Å². The summed E-state index contributed by atoms with van der Waals surface area (Å²) < 4.78 is 0. The number of nitrogens with one attached hydrogen (secondary N) is 2. The number of nitrogens with zero attached hydrogens (tertiary/aromatic N) is 1. The fourth-order valence-corrected chi connectivity index (χ4v) is 2.98. The molecule has 1 unspecified atom stereocenters. The van der Waals surface area contributed by atoms with Crippen LogP contribution in [0.2, 0.25) is 0 Å². The minimum atomic E-state index is -0.520. The number of carbonyl (C=O) groups excluding carboxylic acids is 2. The van der Waals surface area contributed by atoms with Gasteiger partial charge in [-0.05, 0) is 28.8 Å². The normalized spacial score (nSPS) is 12.4. The molecule has 22 heavy (non-hydrogen) atoms. The summed E-state index contributed by atoms with van der Waals surface area (Å²) in [5.41, 5.74) is 1.12. The van der Waals surface area contributed by atoms with Crippen molar-refractivity contribution in [1.82, 2.24) is 15.5 Å². The molecule has 6 heteroatoms. The maximum Gasteiger partial charge on any atom is 0.318 e. The molecule has 2 N–H and O–H groups in total. The highest BCUT2D eigenvalue weighted by atomic mass is 32.1. The molecule has 0 fully saturated rings. The molecule has 0 aliphatic carbocycles. The predicted octanol–water partition coefficient (Wildman–Crippen LogP) is 2.78. The van der Waals surface area contributed by atoms with Crippen LogP contribution in [0.1, 0.15) is 44.1 Å². The first-order valence-electron chi connectivity index (χ1n) is 7.56. The minimum Gasteiger partial charge on any atom is -0.357 e. The molecule has 124 valence electrons. The molecule has 0 aliphatic heterocycles. The number of likely N-dealkylation sites (N-methyl/N-ethyl adjacent to an activating group) is 1. The maximum absolute atomic E-state index is 12.3. The first-order valence-corrected chi connectivity index (χ1v) is 8.44. The molecule has 1 heterocycles. The van der Waals surface area contributed by atoms with Crippen molar-refractivity contribution in [1.29, 1.82) is 0 Å². The van der Waals surface area contributed by atoms with E-state index in [1.54, 1.807) is 30.3 Å². The lowest BCUT2D eigenvalue weighted by Crippen LogP contribution is -2.52. The Morgan fingerprint density at radius 3 is 2.36 bits per heavy atom. The molecular weight excluding hydrogens is 298 g/mol. The molecule has 1 atom stereocenters. The van der Waals surface area contributed by atoms with Gasteiger partial charge in [0.25, 0.3) is 0 Å². The predicted molar refractivity (Wildman–Crippen MR) is 91.1 cm³/mol. The maximum atomic E-state index is 12.3. The Labute approximate surface area is 137 Å². The number of rotatable bonds is 6. The Morgan fingerprint density at radius 2 is 1.91 bits per heavy atom. The lowest BCUT2D eigenvalue weighted by atomic mass is 10.0. The van der Waals surface area contributed by atoms with Crippen LogP contribution in [0.5, 0.6) is 0 Å². The molecule has 0 bridgehead atoms. The van der Waals surface area contributed by atoms with E-state index >= 15 is 0 Å². The fraction of sp³-hybridized carbons (Fsp3) is 0.625. The highest BCUT2D eigenvalue weighted by Gasteiger charge is 2.24. The summed E-state index contributed by atoms with van der Waals surface area (Å²) >= 11 is 1.72. The molecule has 1 rings (SSSR count). The van der Waals surface area contributed by atoms with Gasteiger partial charge in [0.1, 0.15) is 6.04 Å². The van der Waals surface area contributed by atoms with Crippen molar-refractivity contribution >= 4 is 23.3 Å².